The van der Waals surface area contributed by atoms with Gasteiger partial charge in [0.2, 0.25) is 0 Å². The van der Waals surface area contributed by atoms with Gasteiger partial charge in [-0.25, -0.2) is 0 Å². The lowest BCUT2D eigenvalue weighted by Gasteiger charge is -2.19. The highest BCUT2D eigenvalue weighted by atomic mass is 32.2. The third-order valence-electron chi connectivity index (χ3n) is 5.04. The zero-order chi connectivity index (χ0) is 21.7. The fourth-order valence-corrected chi connectivity index (χ4v) is 4.05. The third-order valence-corrected chi connectivity index (χ3v) is 5.96. The van der Waals surface area contributed by atoms with Gasteiger partial charge in [-0.15, -0.1) is 10.2 Å². The summed E-state index contributed by atoms with van der Waals surface area (Å²) in [5, 5.41) is 9.89. The van der Waals surface area contributed by atoms with Gasteiger partial charge in [0.15, 0.2) is 11.0 Å². The van der Waals surface area contributed by atoms with Crippen LogP contribution < -0.4 is 0 Å². The second-order valence-corrected chi connectivity index (χ2v) is 9.41. The van der Waals surface area contributed by atoms with E-state index in [1.165, 1.54) is 11.1 Å². The molecule has 0 aliphatic rings. The first-order chi connectivity index (χ1) is 15.0. The molecule has 0 saturated carbocycles. The van der Waals surface area contributed by atoms with Gasteiger partial charge in [-0.1, -0.05) is 99.3 Å². The van der Waals surface area contributed by atoms with Gasteiger partial charge in [0, 0.05) is 11.3 Å². The molecule has 4 nitrogen and oxygen atoms in total. The van der Waals surface area contributed by atoms with Gasteiger partial charge in [-0.3, -0.25) is 4.57 Å². The van der Waals surface area contributed by atoms with Gasteiger partial charge < -0.3 is 4.42 Å². The predicted molar refractivity (Wildman–Crippen MR) is 128 cm³/mol. The summed E-state index contributed by atoms with van der Waals surface area (Å²) in [4.78, 5) is 0. The highest BCUT2D eigenvalue weighted by Gasteiger charge is 2.17. The average molecular weight is 430 g/mol. The molecule has 2 heterocycles. The summed E-state index contributed by atoms with van der Waals surface area (Å²) in [6.45, 7) is 7.26. The Bertz CT molecular complexity index is 1120. The van der Waals surface area contributed by atoms with Crippen LogP contribution in [0.4, 0.5) is 0 Å². The van der Waals surface area contributed by atoms with Crippen molar-refractivity contribution in [2.24, 2.45) is 0 Å². The van der Waals surface area contributed by atoms with Crippen molar-refractivity contribution < 1.29 is 4.42 Å². The SMILES string of the molecule is CC(C)(C)c1ccc(-c2nnc(SCC=Cc3ccccc3)n2Cc2ccco2)cc1. The van der Waals surface area contributed by atoms with Crippen molar-refractivity contribution >= 4 is 17.8 Å². The third kappa shape index (κ3) is 5.36. The molecule has 4 aromatic rings. The van der Waals surface area contributed by atoms with Crippen molar-refractivity contribution in [2.45, 2.75) is 37.9 Å². The molecule has 5 heteroatoms. The zero-order valence-corrected chi connectivity index (χ0v) is 19.0. The maximum atomic E-state index is 5.60. The highest BCUT2D eigenvalue weighted by molar-refractivity contribution is 7.99. The molecule has 0 N–H and O–H groups in total. The largest absolute Gasteiger partial charge is 0.467 e. The lowest BCUT2D eigenvalue weighted by molar-refractivity contribution is 0.485. The molecule has 158 valence electrons. The van der Waals surface area contributed by atoms with Crippen molar-refractivity contribution in [2.75, 3.05) is 5.75 Å². The number of hydrogen-bond donors (Lipinski definition) is 0. The molecule has 0 bridgehead atoms. The number of furan rings is 1. The Morgan fingerprint density at radius 2 is 1.71 bits per heavy atom. The van der Waals surface area contributed by atoms with E-state index in [4.69, 9.17) is 4.42 Å². The van der Waals surface area contributed by atoms with E-state index in [1.54, 1.807) is 18.0 Å². The summed E-state index contributed by atoms with van der Waals surface area (Å²) in [7, 11) is 0. The summed E-state index contributed by atoms with van der Waals surface area (Å²) in [6, 6.07) is 22.8. The fraction of sp³-hybridized carbons (Fsp3) is 0.231. The Morgan fingerprint density at radius 1 is 0.935 bits per heavy atom. The summed E-state index contributed by atoms with van der Waals surface area (Å²) in [5.41, 5.74) is 3.67. The van der Waals surface area contributed by atoms with E-state index in [9.17, 15) is 0 Å². The lowest BCUT2D eigenvalue weighted by Crippen LogP contribution is -2.10. The van der Waals surface area contributed by atoms with Crippen LogP contribution in [-0.4, -0.2) is 20.5 Å². The van der Waals surface area contributed by atoms with Crippen LogP contribution in [0.15, 0.2) is 88.6 Å². The van der Waals surface area contributed by atoms with E-state index < -0.39 is 0 Å². The summed E-state index contributed by atoms with van der Waals surface area (Å²) >= 11 is 1.67. The van der Waals surface area contributed by atoms with Crippen molar-refractivity contribution in [3.05, 3.63) is 96.0 Å². The highest BCUT2D eigenvalue weighted by Crippen LogP contribution is 2.28. The fourth-order valence-electron chi connectivity index (χ4n) is 3.30. The first-order valence-electron chi connectivity index (χ1n) is 10.4. The molecular formula is C26H27N3OS. The molecule has 0 saturated heterocycles. The maximum absolute atomic E-state index is 5.60. The lowest BCUT2D eigenvalue weighted by atomic mass is 9.87. The van der Waals surface area contributed by atoms with E-state index >= 15 is 0 Å². The number of benzene rings is 2. The van der Waals surface area contributed by atoms with Crippen molar-refractivity contribution in [1.82, 2.24) is 14.8 Å². The quantitative estimate of drug-likeness (QED) is 0.307. The molecule has 0 aliphatic heterocycles. The van der Waals surface area contributed by atoms with Gasteiger partial charge in [0.25, 0.3) is 0 Å². The molecule has 0 spiro atoms. The zero-order valence-electron chi connectivity index (χ0n) is 18.2. The minimum Gasteiger partial charge on any atom is -0.467 e. The Hall–Kier alpha value is -3.05. The van der Waals surface area contributed by atoms with Crippen molar-refractivity contribution in [1.29, 1.82) is 0 Å². The van der Waals surface area contributed by atoms with E-state index in [-0.39, 0.29) is 5.41 Å². The summed E-state index contributed by atoms with van der Waals surface area (Å²) in [5.74, 6) is 2.55. The van der Waals surface area contributed by atoms with Gasteiger partial charge >= 0.3 is 0 Å². The number of thioether (sulfide) groups is 1. The van der Waals surface area contributed by atoms with E-state index in [2.05, 4.69) is 84.1 Å². The number of hydrogen-bond acceptors (Lipinski definition) is 4. The van der Waals surface area contributed by atoms with Gasteiger partial charge in [0.1, 0.15) is 5.76 Å². The van der Waals surface area contributed by atoms with Crippen LogP contribution >= 0.6 is 11.8 Å². The van der Waals surface area contributed by atoms with Gasteiger partial charge in [-0.05, 0) is 28.7 Å². The Labute approximate surface area is 188 Å². The van der Waals surface area contributed by atoms with Crippen LogP contribution in [0.5, 0.6) is 0 Å². The van der Waals surface area contributed by atoms with Crippen molar-refractivity contribution in [3.63, 3.8) is 0 Å². The maximum Gasteiger partial charge on any atom is 0.192 e. The van der Waals surface area contributed by atoms with Crippen molar-refractivity contribution in [3.8, 4) is 11.4 Å². The second kappa shape index (κ2) is 9.40. The van der Waals surface area contributed by atoms with Crippen LogP contribution in [0.1, 0.15) is 37.7 Å². The number of aromatic nitrogens is 3. The normalized spacial score (nSPS) is 12.0. The Morgan fingerprint density at radius 3 is 2.39 bits per heavy atom. The molecular weight excluding hydrogens is 402 g/mol. The predicted octanol–water partition coefficient (Wildman–Crippen LogP) is 6.69. The minimum atomic E-state index is 0.118. The molecule has 31 heavy (non-hydrogen) atoms. The van der Waals surface area contributed by atoms with Crippen LogP contribution in [0.3, 0.4) is 0 Å². The molecule has 0 atom stereocenters. The molecule has 0 radical (unpaired) electrons. The molecule has 4 rings (SSSR count). The number of nitrogens with zero attached hydrogens (tertiary/aromatic N) is 3. The van der Waals surface area contributed by atoms with Crippen LogP contribution in [-0.2, 0) is 12.0 Å². The topological polar surface area (TPSA) is 43.9 Å². The minimum absolute atomic E-state index is 0.118. The summed E-state index contributed by atoms with van der Waals surface area (Å²) < 4.78 is 7.73. The van der Waals surface area contributed by atoms with Gasteiger partial charge in [0.05, 0.1) is 12.8 Å². The molecule has 0 aliphatic carbocycles. The smallest absolute Gasteiger partial charge is 0.192 e. The molecule has 0 unspecified atom stereocenters. The molecule has 2 aromatic carbocycles. The Balaban J connectivity index is 1.57. The average Bonchev–Trinajstić information content (AvgIpc) is 3.42. The van der Waals surface area contributed by atoms with Crippen LogP contribution in [0.25, 0.3) is 17.5 Å². The second-order valence-electron chi connectivity index (χ2n) is 8.42. The Kier molecular flexibility index (Phi) is 6.42. The van der Waals surface area contributed by atoms with E-state index in [0.717, 1.165) is 28.1 Å². The van der Waals surface area contributed by atoms with Gasteiger partial charge in [-0.2, -0.15) is 0 Å². The standard InChI is InChI=1S/C26H27N3OS/c1-26(2,3)22-15-13-21(14-16-22)24-27-28-25(29(24)19-23-12-7-17-30-23)31-18-8-11-20-9-5-4-6-10-20/h4-17H,18-19H2,1-3H3. The first kappa shape index (κ1) is 21.2. The molecule has 0 fully saturated rings. The monoisotopic (exact) mass is 429 g/mol. The van der Waals surface area contributed by atoms with Crippen LogP contribution in [0, 0.1) is 0 Å². The van der Waals surface area contributed by atoms with E-state index in [1.807, 2.05) is 30.3 Å². The molecule has 0 amide bonds. The summed E-state index contributed by atoms with van der Waals surface area (Å²) in [6.07, 6.45) is 5.99. The molecule has 2 aromatic heterocycles. The van der Waals surface area contributed by atoms with E-state index in [0.29, 0.717) is 6.54 Å². The van der Waals surface area contributed by atoms with Crippen LogP contribution in [0.2, 0.25) is 0 Å². The number of rotatable bonds is 7. The first-order valence-corrected chi connectivity index (χ1v) is 11.4.